The highest BCUT2D eigenvalue weighted by molar-refractivity contribution is 5.83. The molecule has 0 unspecified atom stereocenters. The fourth-order valence-electron chi connectivity index (χ4n) is 2.51. The molecule has 0 heterocycles. The summed E-state index contributed by atoms with van der Waals surface area (Å²) in [5.41, 5.74) is -0.104. The first-order chi connectivity index (χ1) is 9.08. The molecule has 19 heavy (non-hydrogen) atoms. The molecule has 0 saturated heterocycles. The second kappa shape index (κ2) is 4.99. The summed E-state index contributed by atoms with van der Waals surface area (Å²) < 4.78 is 15.8. The summed E-state index contributed by atoms with van der Waals surface area (Å²) in [5, 5.41) is 9.48. The monoisotopic (exact) mass is 266 g/mol. The van der Waals surface area contributed by atoms with Crippen LogP contribution in [0.2, 0.25) is 0 Å². The first kappa shape index (κ1) is 13.5. The number of methoxy groups -OCH3 is 3. The van der Waals surface area contributed by atoms with E-state index in [-0.39, 0.29) is 0 Å². The van der Waals surface area contributed by atoms with Crippen molar-refractivity contribution in [3.8, 4) is 17.2 Å². The van der Waals surface area contributed by atoms with Crippen LogP contribution in [0.3, 0.4) is 0 Å². The lowest BCUT2D eigenvalue weighted by Gasteiger charge is -2.38. The topological polar surface area (TPSA) is 65.0 Å². The number of carbonyl (C=O) groups is 1. The predicted molar refractivity (Wildman–Crippen MR) is 69.3 cm³/mol. The lowest BCUT2D eigenvalue weighted by Crippen LogP contribution is -2.42. The smallest absolute Gasteiger partial charge is 0.314 e. The molecule has 1 fully saturated rings. The van der Waals surface area contributed by atoms with Crippen molar-refractivity contribution in [2.24, 2.45) is 0 Å². The molecule has 1 aliphatic carbocycles. The zero-order valence-corrected chi connectivity index (χ0v) is 11.4. The largest absolute Gasteiger partial charge is 0.493 e. The number of benzene rings is 1. The molecule has 0 bridgehead atoms. The lowest BCUT2D eigenvalue weighted by atomic mass is 9.64. The Bertz CT molecular complexity index is 466. The van der Waals surface area contributed by atoms with E-state index in [4.69, 9.17) is 14.2 Å². The van der Waals surface area contributed by atoms with Crippen LogP contribution in [0, 0.1) is 0 Å². The molecule has 0 atom stereocenters. The summed E-state index contributed by atoms with van der Waals surface area (Å²) in [6.45, 7) is 0. The summed E-state index contributed by atoms with van der Waals surface area (Å²) in [6.07, 6.45) is 2.20. The van der Waals surface area contributed by atoms with E-state index in [1.807, 2.05) is 0 Å². The molecular formula is C14H18O5. The maximum atomic E-state index is 11.5. The molecule has 1 aliphatic rings. The Morgan fingerprint density at radius 3 is 1.89 bits per heavy atom. The van der Waals surface area contributed by atoms with Gasteiger partial charge in [-0.05, 0) is 30.5 Å². The van der Waals surface area contributed by atoms with Crippen molar-refractivity contribution in [1.29, 1.82) is 0 Å². The van der Waals surface area contributed by atoms with E-state index in [1.54, 1.807) is 12.1 Å². The number of ether oxygens (including phenoxy) is 3. The van der Waals surface area contributed by atoms with E-state index in [0.717, 1.165) is 6.42 Å². The first-order valence-electron chi connectivity index (χ1n) is 6.13. The van der Waals surface area contributed by atoms with Crippen LogP contribution in [0.5, 0.6) is 17.2 Å². The number of aliphatic carboxylic acids is 1. The zero-order valence-electron chi connectivity index (χ0n) is 11.4. The maximum Gasteiger partial charge on any atom is 0.314 e. The highest BCUT2D eigenvalue weighted by atomic mass is 16.5. The van der Waals surface area contributed by atoms with Crippen molar-refractivity contribution in [3.63, 3.8) is 0 Å². The molecule has 1 aromatic carbocycles. The Labute approximate surface area is 112 Å². The van der Waals surface area contributed by atoms with Gasteiger partial charge in [0.25, 0.3) is 0 Å². The molecule has 0 aliphatic heterocycles. The standard InChI is InChI=1S/C14H18O5/c1-17-10-7-9(8-11(18-2)12(10)19-3)14(13(15)16)5-4-6-14/h7-8H,4-6H2,1-3H3,(H,15,16). The molecule has 0 radical (unpaired) electrons. The minimum Gasteiger partial charge on any atom is -0.493 e. The van der Waals surface area contributed by atoms with Crippen molar-refractivity contribution >= 4 is 5.97 Å². The number of hydrogen-bond acceptors (Lipinski definition) is 4. The van der Waals surface area contributed by atoms with Crippen LogP contribution < -0.4 is 14.2 Å². The Kier molecular flexibility index (Phi) is 3.55. The minimum atomic E-state index is -0.813. The number of rotatable bonds is 5. The first-order valence-corrected chi connectivity index (χ1v) is 6.13. The van der Waals surface area contributed by atoms with Gasteiger partial charge in [0.15, 0.2) is 11.5 Å². The van der Waals surface area contributed by atoms with Crippen molar-refractivity contribution in [2.45, 2.75) is 24.7 Å². The molecule has 1 aromatic rings. The van der Waals surface area contributed by atoms with Gasteiger partial charge in [-0.2, -0.15) is 0 Å². The molecule has 0 amide bonds. The Morgan fingerprint density at radius 2 is 1.63 bits per heavy atom. The zero-order chi connectivity index (χ0) is 14.0. The summed E-state index contributed by atoms with van der Waals surface area (Å²) >= 11 is 0. The number of hydrogen-bond donors (Lipinski definition) is 1. The molecule has 104 valence electrons. The Morgan fingerprint density at radius 1 is 1.11 bits per heavy atom. The van der Waals surface area contributed by atoms with Crippen molar-refractivity contribution in [2.75, 3.05) is 21.3 Å². The third-order valence-electron chi connectivity index (χ3n) is 3.83. The highest BCUT2D eigenvalue weighted by Crippen LogP contribution is 2.48. The van der Waals surface area contributed by atoms with Crippen molar-refractivity contribution in [3.05, 3.63) is 17.7 Å². The Balaban J connectivity index is 2.56. The average molecular weight is 266 g/mol. The minimum absolute atomic E-state index is 0.480. The van der Waals surface area contributed by atoms with Gasteiger partial charge in [-0.3, -0.25) is 4.79 Å². The van der Waals surface area contributed by atoms with Gasteiger partial charge in [0.05, 0.1) is 26.7 Å². The Hall–Kier alpha value is -1.91. The lowest BCUT2D eigenvalue weighted by molar-refractivity contribution is -0.147. The van der Waals surface area contributed by atoms with Crippen LogP contribution in [0.4, 0.5) is 0 Å². The van der Waals surface area contributed by atoms with Gasteiger partial charge in [-0.1, -0.05) is 6.42 Å². The number of carboxylic acid groups (broad SMARTS) is 1. The van der Waals surface area contributed by atoms with Gasteiger partial charge >= 0.3 is 5.97 Å². The highest BCUT2D eigenvalue weighted by Gasteiger charge is 2.46. The second-order valence-electron chi connectivity index (χ2n) is 4.65. The van der Waals surface area contributed by atoms with Gasteiger partial charge in [0.1, 0.15) is 0 Å². The molecular weight excluding hydrogens is 248 g/mol. The third-order valence-corrected chi connectivity index (χ3v) is 3.83. The van der Waals surface area contributed by atoms with E-state index in [2.05, 4.69) is 0 Å². The van der Waals surface area contributed by atoms with Gasteiger partial charge < -0.3 is 19.3 Å². The molecule has 0 aromatic heterocycles. The molecule has 1 N–H and O–H groups in total. The van der Waals surface area contributed by atoms with E-state index in [9.17, 15) is 9.90 Å². The van der Waals surface area contributed by atoms with Crippen LogP contribution in [-0.4, -0.2) is 32.4 Å². The van der Waals surface area contributed by atoms with Gasteiger partial charge in [-0.15, -0.1) is 0 Å². The maximum absolute atomic E-state index is 11.5. The molecule has 5 heteroatoms. The summed E-state index contributed by atoms with van der Waals surface area (Å²) in [4.78, 5) is 11.5. The number of carboxylic acids is 1. The van der Waals surface area contributed by atoms with Crippen LogP contribution in [0.15, 0.2) is 12.1 Å². The summed E-state index contributed by atoms with van der Waals surface area (Å²) in [6, 6.07) is 3.46. The molecule has 2 rings (SSSR count). The van der Waals surface area contributed by atoms with E-state index in [1.165, 1.54) is 21.3 Å². The molecule has 5 nitrogen and oxygen atoms in total. The van der Waals surface area contributed by atoms with Crippen LogP contribution in [0.25, 0.3) is 0 Å². The van der Waals surface area contributed by atoms with Crippen molar-refractivity contribution in [1.82, 2.24) is 0 Å². The quantitative estimate of drug-likeness (QED) is 0.885. The normalized spacial score (nSPS) is 16.4. The summed E-state index contributed by atoms with van der Waals surface area (Å²) in [5.74, 6) is 0.662. The third kappa shape index (κ3) is 1.99. The fourth-order valence-corrected chi connectivity index (χ4v) is 2.51. The van der Waals surface area contributed by atoms with Gasteiger partial charge in [-0.25, -0.2) is 0 Å². The van der Waals surface area contributed by atoms with Gasteiger partial charge in [0, 0.05) is 0 Å². The van der Waals surface area contributed by atoms with E-state index < -0.39 is 11.4 Å². The van der Waals surface area contributed by atoms with E-state index >= 15 is 0 Å². The molecule has 1 saturated carbocycles. The van der Waals surface area contributed by atoms with Crippen molar-refractivity contribution < 1.29 is 24.1 Å². The summed E-state index contributed by atoms with van der Waals surface area (Å²) in [7, 11) is 4.57. The van der Waals surface area contributed by atoms with Crippen LogP contribution >= 0.6 is 0 Å². The average Bonchev–Trinajstić information content (AvgIpc) is 2.35. The SMILES string of the molecule is COc1cc(C2(C(=O)O)CCC2)cc(OC)c1OC. The fraction of sp³-hybridized carbons (Fsp3) is 0.500. The van der Waals surface area contributed by atoms with Crippen LogP contribution in [-0.2, 0) is 10.2 Å². The predicted octanol–water partition coefficient (Wildman–Crippen LogP) is 2.22. The van der Waals surface area contributed by atoms with Crippen LogP contribution in [0.1, 0.15) is 24.8 Å². The molecule has 0 spiro atoms. The second-order valence-corrected chi connectivity index (χ2v) is 4.65. The van der Waals surface area contributed by atoms with Gasteiger partial charge in [0.2, 0.25) is 5.75 Å². The van der Waals surface area contributed by atoms with E-state index in [0.29, 0.717) is 35.7 Å².